The Morgan fingerprint density at radius 3 is 2.81 bits per heavy atom. The predicted octanol–water partition coefficient (Wildman–Crippen LogP) is 1.37. The highest BCUT2D eigenvalue weighted by atomic mass is 19.1. The van der Waals surface area contributed by atoms with Crippen molar-refractivity contribution in [3.05, 3.63) is 24.0 Å². The summed E-state index contributed by atoms with van der Waals surface area (Å²) in [4.78, 5) is 11.5. The Morgan fingerprint density at radius 2 is 2.31 bits per heavy atom. The summed E-state index contributed by atoms with van der Waals surface area (Å²) >= 11 is 0. The van der Waals surface area contributed by atoms with Crippen LogP contribution in [0.15, 0.2) is 18.2 Å². The molecule has 1 rings (SSSR count). The van der Waals surface area contributed by atoms with E-state index in [-0.39, 0.29) is 24.1 Å². The molecule has 1 atom stereocenters. The van der Waals surface area contributed by atoms with Crippen molar-refractivity contribution in [1.82, 2.24) is 0 Å². The van der Waals surface area contributed by atoms with Gasteiger partial charge in [0.05, 0.1) is 7.11 Å². The molecule has 0 radical (unpaired) electrons. The van der Waals surface area contributed by atoms with Gasteiger partial charge < -0.3 is 15.8 Å². The quantitative estimate of drug-likeness (QED) is 0.814. The van der Waals surface area contributed by atoms with E-state index < -0.39 is 5.82 Å². The summed E-state index contributed by atoms with van der Waals surface area (Å²) in [6.07, 6.45) is 0. The Bertz CT molecular complexity index is 382. The molecule has 0 bridgehead atoms. The first-order chi connectivity index (χ1) is 7.58. The summed E-state index contributed by atoms with van der Waals surface area (Å²) in [5.41, 5.74) is 5.74. The number of anilines is 1. The Labute approximate surface area is 93.6 Å². The monoisotopic (exact) mass is 226 g/mol. The average Bonchev–Trinajstić information content (AvgIpc) is 2.28. The third-order valence-corrected chi connectivity index (χ3v) is 2.22. The van der Waals surface area contributed by atoms with Crippen LogP contribution in [0.4, 0.5) is 10.1 Å². The minimum absolute atomic E-state index is 0.143. The number of carbonyl (C=O) groups is 1. The van der Waals surface area contributed by atoms with Crippen LogP contribution in [0.3, 0.4) is 0 Å². The fraction of sp³-hybridized carbons (Fsp3) is 0.364. The smallest absolute Gasteiger partial charge is 0.228 e. The second-order valence-electron chi connectivity index (χ2n) is 3.48. The van der Waals surface area contributed by atoms with Crippen LogP contribution in [-0.2, 0) is 4.79 Å². The van der Waals surface area contributed by atoms with Gasteiger partial charge in [0.25, 0.3) is 0 Å². The number of hydrogen-bond donors (Lipinski definition) is 2. The summed E-state index contributed by atoms with van der Waals surface area (Å²) in [5.74, 6) is -0.900. The van der Waals surface area contributed by atoms with E-state index in [1.807, 2.05) is 0 Å². The van der Waals surface area contributed by atoms with Crippen molar-refractivity contribution in [3.63, 3.8) is 0 Å². The van der Waals surface area contributed by atoms with Crippen LogP contribution in [0.1, 0.15) is 6.92 Å². The third kappa shape index (κ3) is 2.93. The number of amides is 1. The summed E-state index contributed by atoms with van der Waals surface area (Å²) in [7, 11) is 1.38. The molecular weight excluding hydrogens is 211 g/mol. The lowest BCUT2D eigenvalue weighted by Gasteiger charge is -2.10. The fourth-order valence-electron chi connectivity index (χ4n) is 1.12. The molecule has 0 saturated heterocycles. The van der Waals surface area contributed by atoms with Gasteiger partial charge in [-0.15, -0.1) is 0 Å². The molecule has 0 aromatic heterocycles. The lowest BCUT2D eigenvalue weighted by atomic mass is 10.1. The molecule has 1 unspecified atom stereocenters. The Hall–Kier alpha value is -1.62. The predicted molar refractivity (Wildman–Crippen MR) is 59.8 cm³/mol. The highest BCUT2D eigenvalue weighted by Gasteiger charge is 2.11. The number of halogens is 1. The van der Waals surface area contributed by atoms with Gasteiger partial charge in [0.15, 0.2) is 11.6 Å². The number of hydrogen-bond acceptors (Lipinski definition) is 3. The number of methoxy groups -OCH3 is 1. The van der Waals surface area contributed by atoms with Crippen LogP contribution in [0.2, 0.25) is 0 Å². The van der Waals surface area contributed by atoms with E-state index in [0.29, 0.717) is 5.69 Å². The molecule has 0 heterocycles. The van der Waals surface area contributed by atoms with Gasteiger partial charge in [0.1, 0.15) is 0 Å². The van der Waals surface area contributed by atoms with Crippen LogP contribution in [-0.4, -0.2) is 19.6 Å². The molecule has 3 N–H and O–H groups in total. The van der Waals surface area contributed by atoms with Crippen molar-refractivity contribution in [2.45, 2.75) is 6.92 Å². The number of ether oxygens (including phenoxy) is 1. The molecule has 4 nitrogen and oxygen atoms in total. The second-order valence-corrected chi connectivity index (χ2v) is 3.48. The molecule has 1 aromatic carbocycles. The second kappa shape index (κ2) is 5.46. The summed E-state index contributed by atoms with van der Waals surface area (Å²) in [6, 6.07) is 4.24. The first kappa shape index (κ1) is 12.4. The minimum Gasteiger partial charge on any atom is -0.494 e. The Kier molecular flexibility index (Phi) is 4.25. The maximum atomic E-state index is 13.3. The zero-order chi connectivity index (χ0) is 12.1. The number of rotatable bonds is 4. The van der Waals surface area contributed by atoms with Crippen LogP contribution in [0.25, 0.3) is 0 Å². The molecule has 88 valence electrons. The number of nitrogens with two attached hydrogens (primary N) is 1. The number of benzene rings is 1. The van der Waals surface area contributed by atoms with E-state index in [1.54, 1.807) is 13.0 Å². The summed E-state index contributed by atoms with van der Waals surface area (Å²) in [5, 5.41) is 2.57. The highest BCUT2D eigenvalue weighted by Crippen LogP contribution is 2.20. The van der Waals surface area contributed by atoms with Crippen molar-refractivity contribution in [1.29, 1.82) is 0 Å². The Balaban J connectivity index is 2.75. The molecule has 5 heteroatoms. The summed E-state index contributed by atoms with van der Waals surface area (Å²) in [6.45, 7) is 1.96. The lowest BCUT2D eigenvalue weighted by Crippen LogP contribution is -2.26. The first-order valence-corrected chi connectivity index (χ1v) is 4.93. The van der Waals surface area contributed by atoms with Gasteiger partial charge in [-0.1, -0.05) is 6.92 Å². The highest BCUT2D eigenvalue weighted by molar-refractivity contribution is 5.92. The fourth-order valence-corrected chi connectivity index (χ4v) is 1.12. The van der Waals surface area contributed by atoms with E-state index >= 15 is 0 Å². The van der Waals surface area contributed by atoms with Crippen LogP contribution >= 0.6 is 0 Å². The minimum atomic E-state index is -0.513. The van der Waals surface area contributed by atoms with Gasteiger partial charge in [-0.25, -0.2) is 4.39 Å². The summed E-state index contributed by atoms with van der Waals surface area (Å²) < 4.78 is 18.0. The molecule has 0 aliphatic rings. The number of carbonyl (C=O) groups excluding carboxylic acids is 1. The van der Waals surface area contributed by atoms with Gasteiger partial charge in [-0.2, -0.15) is 0 Å². The number of nitrogens with one attached hydrogen (secondary N) is 1. The molecule has 1 amide bonds. The molecule has 0 aliphatic carbocycles. The zero-order valence-corrected chi connectivity index (χ0v) is 9.29. The van der Waals surface area contributed by atoms with Crippen LogP contribution in [0.5, 0.6) is 5.75 Å². The molecule has 16 heavy (non-hydrogen) atoms. The lowest BCUT2D eigenvalue weighted by molar-refractivity contribution is -0.119. The Morgan fingerprint density at radius 1 is 1.62 bits per heavy atom. The van der Waals surface area contributed by atoms with E-state index in [2.05, 4.69) is 5.32 Å². The molecule has 0 spiro atoms. The van der Waals surface area contributed by atoms with Crippen molar-refractivity contribution in [3.8, 4) is 5.75 Å². The van der Waals surface area contributed by atoms with Crippen molar-refractivity contribution >= 4 is 11.6 Å². The molecular formula is C11H15FN2O2. The molecule has 0 aliphatic heterocycles. The molecule has 0 saturated carbocycles. The van der Waals surface area contributed by atoms with E-state index in [1.165, 1.54) is 19.2 Å². The van der Waals surface area contributed by atoms with Gasteiger partial charge in [0.2, 0.25) is 5.91 Å². The van der Waals surface area contributed by atoms with Crippen molar-refractivity contribution in [2.75, 3.05) is 19.0 Å². The standard InChI is InChI=1S/C11H15FN2O2/c1-7(6-13)11(15)14-8-3-4-10(16-2)9(12)5-8/h3-5,7H,6,13H2,1-2H3,(H,14,15). The van der Waals surface area contributed by atoms with Crippen LogP contribution in [0, 0.1) is 11.7 Å². The SMILES string of the molecule is COc1ccc(NC(=O)C(C)CN)cc1F. The topological polar surface area (TPSA) is 64.3 Å². The molecule has 0 fully saturated rings. The first-order valence-electron chi connectivity index (χ1n) is 4.93. The normalized spacial score (nSPS) is 12.0. The van der Waals surface area contributed by atoms with E-state index in [9.17, 15) is 9.18 Å². The average molecular weight is 226 g/mol. The maximum absolute atomic E-state index is 13.3. The van der Waals surface area contributed by atoms with Gasteiger partial charge in [0, 0.05) is 24.2 Å². The third-order valence-electron chi connectivity index (χ3n) is 2.22. The van der Waals surface area contributed by atoms with Gasteiger partial charge in [-0.3, -0.25) is 4.79 Å². The van der Waals surface area contributed by atoms with Crippen LogP contribution < -0.4 is 15.8 Å². The van der Waals surface area contributed by atoms with Gasteiger partial charge >= 0.3 is 0 Å². The van der Waals surface area contributed by atoms with E-state index in [0.717, 1.165) is 0 Å². The zero-order valence-electron chi connectivity index (χ0n) is 9.29. The molecule has 1 aromatic rings. The van der Waals surface area contributed by atoms with Crippen molar-refractivity contribution < 1.29 is 13.9 Å². The van der Waals surface area contributed by atoms with Crippen molar-refractivity contribution in [2.24, 2.45) is 11.7 Å². The van der Waals surface area contributed by atoms with E-state index in [4.69, 9.17) is 10.5 Å². The largest absolute Gasteiger partial charge is 0.494 e. The maximum Gasteiger partial charge on any atom is 0.228 e. The van der Waals surface area contributed by atoms with Gasteiger partial charge in [-0.05, 0) is 12.1 Å².